The largest absolute Gasteiger partial charge is 0.269 e. The SMILES string of the molecule is CC12CCC(C)(CC1)c1cc([N+](=O)[O-])ccc12. The van der Waals surface area contributed by atoms with Crippen molar-refractivity contribution < 1.29 is 4.92 Å². The molecule has 0 spiro atoms. The number of hydrogen-bond acceptors (Lipinski definition) is 2. The van der Waals surface area contributed by atoms with Crippen molar-refractivity contribution in [2.75, 3.05) is 0 Å². The summed E-state index contributed by atoms with van der Waals surface area (Å²) in [5, 5.41) is 10.9. The minimum Gasteiger partial charge on any atom is -0.258 e. The van der Waals surface area contributed by atoms with Gasteiger partial charge in [0.2, 0.25) is 0 Å². The Morgan fingerprint density at radius 3 is 2.12 bits per heavy atom. The van der Waals surface area contributed by atoms with Gasteiger partial charge in [0.1, 0.15) is 0 Å². The molecule has 17 heavy (non-hydrogen) atoms. The van der Waals surface area contributed by atoms with Gasteiger partial charge in [-0.2, -0.15) is 0 Å². The highest BCUT2D eigenvalue weighted by Gasteiger charge is 2.47. The van der Waals surface area contributed by atoms with Crippen LogP contribution in [0.2, 0.25) is 0 Å². The molecule has 0 saturated heterocycles. The van der Waals surface area contributed by atoms with Gasteiger partial charge in [-0.25, -0.2) is 0 Å². The molecule has 3 aliphatic rings. The Morgan fingerprint density at radius 1 is 1.06 bits per heavy atom. The zero-order chi connectivity index (χ0) is 12.3. The number of nitrogens with zero attached hydrogens (tertiary/aromatic N) is 1. The molecular weight excluding hydrogens is 214 g/mol. The molecule has 0 aliphatic heterocycles. The Morgan fingerprint density at radius 2 is 1.59 bits per heavy atom. The fourth-order valence-electron chi connectivity index (χ4n) is 3.56. The summed E-state index contributed by atoms with van der Waals surface area (Å²) >= 11 is 0. The Hall–Kier alpha value is -1.38. The van der Waals surface area contributed by atoms with Crippen LogP contribution in [0.25, 0.3) is 0 Å². The maximum atomic E-state index is 10.9. The first kappa shape index (κ1) is 10.8. The Bertz CT molecular complexity index is 499. The average molecular weight is 231 g/mol. The lowest BCUT2D eigenvalue weighted by Crippen LogP contribution is -2.44. The van der Waals surface area contributed by atoms with Crippen LogP contribution in [-0.4, -0.2) is 4.92 Å². The normalized spacial score (nSPS) is 34.5. The zero-order valence-electron chi connectivity index (χ0n) is 10.3. The number of rotatable bonds is 1. The average Bonchev–Trinajstić information content (AvgIpc) is 2.32. The zero-order valence-corrected chi connectivity index (χ0v) is 10.3. The van der Waals surface area contributed by atoms with E-state index in [1.54, 1.807) is 6.07 Å². The van der Waals surface area contributed by atoms with Crippen LogP contribution in [0.5, 0.6) is 0 Å². The van der Waals surface area contributed by atoms with E-state index in [2.05, 4.69) is 13.8 Å². The van der Waals surface area contributed by atoms with E-state index in [4.69, 9.17) is 0 Å². The number of fused-ring (bicyclic) bond motifs is 2. The van der Waals surface area contributed by atoms with Crippen LogP contribution in [0.15, 0.2) is 18.2 Å². The molecule has 0 atom stereocenters. The molecule has 3 heteroatoms. The van der Waals surface area contributed by atoms with E-state index in [-0.39, 0.29) is 21.4 Å². The molecule has 0 N–H and O–H groups in total. The van der Waals surface area contributed by atoms with Crippen LogP contribution in [0.1, 0.15) is 50.7 Å². The van der Waals surface area contributed by atoms with Gasteiger partial charge < -0.3 is 0 Å². The Kier molecular flexibility index (Phi) is 1.96. The third-order valence-electron chi connectivity index (χ3n) is 4.97. The van der Waals surface area contributed by atoms with Crippen molar-refractivity contribution in [3.8, 4) is 0 Å². The van der Waals surface area contributed by atoms with Gasteiger partial charge in [-0.15, -0.1) is 0 Å². The monoisotopic (exact) mass is 231 g/mol. The summed E-state index contributed by atoms with van der Waals surface area (Å²) in [7, 11) is 0. The fraction of sp³-hybridized carbons (Fsp3) is 0.571. The van der Waals surface area contributed by atoms with Gasteiger partial charge in [-0.1, -0.05) is 19.9 Å². The van der Waals surface area contributed by atoms with E-state index >= 15 is 0 Å². The fourth-order valence-corrected chi connectivity index (χ4v) is 3.56. The molecule has 0 radical (unpaired) electrons. The maximum absolute atomic E-state index is 10.9. The summed E-state index contributed by atoms with van der Waals surface area (Å²) in [5.74, 6) is 0. The van der Waals surface area contributed by atoms with Gasteiger partial charge in [0.05, 0.1) is 4.92 Å². The van der Waals surface area contributed by atoms with Gasteiger partial charge in [0.15, 0.2) is 0 Å². The highest BCUT2D eigenvalue weighted by molar-refractivity contribution is 5.50. The molecule has 90 valence electrons. The van der Waals surface area contributed by atoms with Crippen molar-refractivity contribution in [2.24, 2.45) is 0 Å². The van der Waals surface area contributed by atoms with Gasteiger partial charge in [-0.05, 0) is 47.6 Å². The standard InChI is InChI=1S/C14H17NO2/c1-13-5-7-14(2,8-6-13)12-9-10(15(16)17)3-4-11(12)13/h3-4,9H,5-8H2,1-2H3. The lowest BCUT2D eigenvalue weighted by molar-refractivity contribution is -0.385. The van der Waals surface area contributed by atoms with Crippen LogP contribution in [0.3, 0.4) is 0 Å². The summed E-state index contributed by atoms with van der Waals surface area (Å²) in [4.78, 5) is 10.6. The van der Waals surface area contributed by atoms with Crippen molar-refractivity contribution in [3.63, 3.8) is 0 Å². The molecule has 1 fully saturated rings. The van der Waals surface area contributed by atoms with Crippen LogP contribution in [0.4, 0.5) is 5.69 Å². The van der Waals surface area contributed by atoms with Crippen molar-refractivity contribution in [1.29, 1.82) is 0 Å². The predicted octanol–water partition coefficient (Wildman–Crippen LogP) is 3.70. The summed E-state index contributed by atoms with van der Waals surface area (Å²) < 4.78 is 0. The minimum atomic E-state index is -0.283. The summed E-state index contributed by atoms with van der Waals surface area (Å²) in [6.45, 7) is 4.56. The van der Waals surface area contributed by atoms with Crippen molar-refractivity contribution >= 4 is 5.69 Å². The number of benzene rings is 1. The second kappa shape index (κ2) is 3.09. The first-order chi connectivity index (χ1) is 7.95. The molecule has 1 aromatic rings. The first-order valence-electron chi connectivity index (χ1n) is 6.24. The number of nitro benzene ring substituents is 1. The minimum absolute atomic E-state index is 0.166. The molecule has 1 aromatic carbocycles. The lowest BCUT2D eigenvalue weighted by Gasteiger charge is -2.51. The Labute approximate surface area is 101 Å². The van der Waals surface area contributed by atoms with Gasteiger partial charge in [0.25, 0.3) is 5.69 Å². The molecule has 4 rings (SSSR count). The lowest BCUT2D eigenvalue weighted by atomic mass is 9.52. The maximum Gasteiger partial charge on any atom is 0.269 e. The molecule has 0 amide bonds. The van der Waals surface area contributed by atoms with Crippen molar-refractivity contribution in [2.45, 2.75) is 50.4 Å². The third-order valence-corrected chi connectivity index (χ3v) is 4.97. The molecule has 0 unspecified atom stereocenters. The van der Waals surface area contributed by atoms with E-state index in [0.717, 1.165) is 12.8 Å². The van der Waals surface area contributed by atoms with E-state index in [9.17, 15) is 10.1 Å². The highest BCUT2D eigenvalue weighted by atomic mass is 16.6. The molecular formula is C14H17NO2. The smallest absolute Gasteiger partial charge is 0.258 e. The van der Waals surface area contributed by atoms with Crippen LogP contribution >= 0.6 is 0 Å². The first-order valence-corrected chi connectivity index (χ1v) is 6.24. The molecule has 1 saturated carbocycles. The topological polar surface area (TPSA) is 43.1 Å². The van der Waals surface area contributed by atoms with E-state index in [1.165, 1.54) is 24.0 Å². The molecule has 3 aliphatic carbocycles. The van der Waals surface area contributed by atoms with Crippen LogP contribution < -0.4 is 0 Å². The molecule has 3 nitrogen and oxygen atoms in total. The van der Waals surface area contributed by atoms with E-state index < -0.39 is 0 Å². The Balaban J connectivity index is 2.23. The van der Waals surface area contributed by atoms with Crippen molar-refractivity contribution in [3.05, 3.63) is 39.4 Å². The summed E-state index contributed by atoms with van der Waals surface area (Å²) in [5.41, 5.74) is 3.23. The van der Waals surface area contributed by atoms with Gasteiger partial charge in [0, 0.05) is 12.1 Å². The number of non-ortho nitro benzene ring substituents is 1. The van der Waals surface area contributed by atoms with E-state index in [0.29, 0.717) is 0 Å². The highest BCUT2D eigenvalue weighted by Crippen LogP contribution is 2.56. The number of nitro groups is 1. The summed E-state index contributed by atoms with van der Waals surface area (Å²) in [6.07, 6.45) is 4.76. The van der Waals surface area contributed by atoms with E-state index in [1.807, 2.05) is 12.1 Å². The van der Waals surface area contributed by atoms with Crippen molar-refractivity contribution in [1.82, 2.24) is 0 Å². The van der Waals surface area contributed by atoms with Gasteiger partial charge in [-0.3, -0.25) is 10.1 Å². The second-order valence-corrected chi connectivity index (χ2v) is 6.11. The van der Waals surface area contributed by atoms with Gasteiger partial charge >= 0.3 is 0 Å². The number of hydrogen-bond donors (Lipinski definition) is 0. The van der Waals surface area contributed by atoms with Crippen LogP contribution in [0, 0.1) is 10.1 Å². The summed E-state index contributed by atoms with van der Waals surface area (Å²) in [6, 6.07) is 5.46. The molecule has 0 heterocycles. The molecule has 2 bridgehead atoms. The van der Waals surface area contributed by atoms with Crippen LogP contribution in [-0.2, 0) is 10.8 Å². The third kappa shape index (κ3) is 1.34. The predicted molar refractivity (Wildman–Crippen MR) is 66.3 cm³/mol. The second-order valence-electron chi connectivity index (χ2n) is 6.11. The molecule has 0 aromatic heterocycles. The quantitative estimate of drug-likeness (QED) is 0.546.